The summed E-state index contributed by atoms with van der Waals surface area (Å²) >= 11 is 0. The smallest absolute Gasteiger partial charge is 0.261 e. The van der Waals surface area contributed by atoms with E-state index in [0.717, 1.165) is 17.6 Å². The van der Waals surface area contributed by atoms with Crippen molar-refractivity contribution in [1.29, 1.82) is 0 Å². The SMILES string of the molecule is C/C=C1/OC(C(=O)NCC)C/C1=C/C1C(C)CC1C. The summed E-state index contributed by atoms with van der Waals surface area (Å²) in [5.41, 5.74) is 1.21. The fourth-order valence-corrected chi connectivity index (χ4v) is 3.24. The Morgan fingerprint density at radius 3 is 2.63 bits per heavy atom. The third kappa shape index (κ3) is 2.85. The Morgan fingerprint density at radius 2 is 2.11 bits per heavy atom. The first-order valence-electron chi connectivity index (χ1n) is 7.38. The van der Waals surface area contributed by atoms with Crippen LogP contribution in [-0.2, 0) is 9.53 Å². The third-order valence-corrected chi connectivity index (χ3v) is 4.35. The summed E-state index contributed by atoms with van der Waals surface area (Å²) < 4.78 is 5.76. The van der Waals surface area contributed by atoms with Gasteiger partial charge in [-0.15, -0.1) is 0 Å². The number of carbonyl (C=O) groups excluding carboxylic acids is 1. The first-order chi connectivity index (χ1) is 9.06. The molecular weight excluding hydrogens is 238 g/mol. The van der Waals surface area contributed by atoms with Crippen LogP contribution in [0.4, 0.5) is 0 Å². The first-order valence-corrected chi connectivity index (χ1v) is 7.38. The molecule has 106 valence electrons. The van der Waals surface area contributed by atoms with Crippen LogP contribution in [0.25, 0.3) is 0 Å². The predicted octanol–water partition coefficient (Wildman–Crippen LogP) is 3.03. The normalized spacial score (nSPS) is 38.1. The number of amides is 1. The molecule has 3 nitrogen and oxygen atoms in total. The highest BCUT2D eigenvalue weighted by molar-refractivity contribution is 5.82. The van der Waals surface area contributed by atoms with Gasteiger partial charge in [0.2, 0.25) is 0 Å². The van der Waals surface area contributed by atoms with Gasteiger partial charge in [-0.05, 0) is 49.7 Å². The Labute approximate surface area is 116 Å². The maximum Gasteiger partial charge on any atom is 0.261 e. The third-order valence-electron chi connectivity index (χ3n) is 4.35. The highest BCUT2D eigenvalue weighted by Gasteiger charge is 2.36. The van der Waals surface area contributed by atoms with Crippen molar-refractivity contribution in [2.45, 2.75) is 46.6 Å². The van der Waals surface area contributed by atoms with Crippen LogP contribution in [0.5, 0.6) is 0 Å². The summed E-state index contributed by atoms with van der Waals surface area (Å²) in [4.78, 5) is 11.9. The molecule has 1 aliphatic heterocycles. The van der Waals surface area contributed by atoms with Crippen molar-refractivity contribution >= 4 is 5.91 Å². The second kappa shape index (κ2) is 5.81. The Bertz CT molecular complexity index is 403. The van der Waals surface area contributed by atoms with Crippen LogP contribution in [0, 0.1) is 17.8 Å². The van der Waals surface area contributed by atoms with E-state index < -0.39 is 0 Å². The van der Waals surface area contributed by atoms with Gasteiger partial charge in [0.1, 0.15) is 5.76 Å². The van der Waals surface area contributed by atoms with Gasteiger partial charge >= 0.3 is 0 Å². The Morgan fingerprint density at radius 1 is 1.42 bits per heavy atom. The van der Waals surface area contributed by atoms with Crippen LogP contribution in [-0.4, -0.2) is 18.6 Å². The second-order valence-electron chi connectivity index (χ2n) is 5.82. The van der Waals surface area contributed by atoms with E-state index in [9.17, 15) is 4.79 Å². The van der Waals surface area contributed by atoms with Gasteiger partial charge in [-0.3, -0.25) is 4.79 Å². The number of hydrogen-bond donors (Lipinski definition) is 1. The molecule has 1 saturated heterocycles. The van der Waals surface area contributed by atoms with E-state index in [1.807, 2.05) is 19.9 Å². The molecule has 1 N–H and O–H groups in total. The zero-order valence-electron chi connectivity index (χ0n) is 12.4. The first kappa shape index (κ1) is 14.2. The molecule has 0 aromatic heterocycles. The summed E-state index contributed by atoms with van der Waals surface area (Å²) in [5.74, 6) is 3.04. The number of hydrogen-bond acceptors (Lipinski definition) is 2. The van der Waals surface area contributed by atoms with Gasteiger partial charge in [0.15, 0.2) is 6.10 Å². The fourth-order valence-electron chi connectivity index (χ4n) is 3.24. The molecule has 1 amide bonds. The molecule has 0 aromatic carbocycles. The molecule has 2 rings (SSSR count). The molecule has 2 aliphatic rings. The number of likely N-dealkylation sites (N-methyl/N-ethyl adjacent to an activating group) is 1. The molecule has 1 aliphatic carbocycles. The quantitative estimate of drug-likeness (QED) is 0.850. The molecule has 2 fully saturated rings. The molecule has 3 atom stereocenters. The number of ether oxygens (including phenoxy) is 1. The van der Waals surface area contributed by atoms with E-state index in [2.05, 4.69) is 25.2 Å². The van der Waals surface area contributed by atoms with Crippen molar-refractivity contribution in [3.8, 4) is 0 Å². The second-order valence-corrected chi connectivity index (χ2v) is 5.82. The van der Waals surface area contributed by atoms with Crippen molar-refractivity contribution in [1.82, 2.24) is 5.32 Å². The van der Waals surface area contributed by atoms with Crippen molar-refractivity contribution in [2.75, 3.05) is 6.54 Å². The lowest BCUT2D eigenvalue weighted by Gasteiger charge is -2.39. The summed E-state index contributed by atoms with van der Waals surface area (Å²) in [6, 6.07) is 0. The summed E-state index contributed by atoms with van der Waals surface area (Å²) in [6.07, 6.45) is 5.98. The Kier molecular flexibility index (Phi) is 4.33. The van der Waals surface area contributed by atoms with E-state index in [1.165, 1.54) is 12.0 Å². The van der Waals surface area contributed by atoms with Gasteiger partial charge in [0.05, 0.1) is 0 Å². The van der Waals surface area contributed by atoms with Gasteiger partial charge in [-0.25, -0.2) is 0 Å². The van der Waals surface area contributed by atoms with Gasteiger partial charge in [0.25, 0.3) is 5.91 Å². The van der Waals surface area contributed by atoms with Crippen LogP contribution in [0.2, 0.25) is 0 Å². The molecule has 0 aromatic rings. The molecule has 0 bridgehead atoms. The topological polar surface area (TPSA) is 38.3 Å². The van der Waals surface area contributed by atoms with Crippen LogP contribution in [0.3, 0.4) is 0 Å². The van der Waals surface area contributed by atoms with Crippen LogP contribution < -0.4 is 5.32 Å². The average molecular weight is 263 g/mol. The van der Waals surface area contributed by atoms with Crippen molar-refractivity contribution in [3.63, 3.8) is 0 Å². The average Bonchev–Trinajstić information content (AvgIpc) is 2.80. The monoisotopic (exact) mass is 263 g/mol. The van der Waals surface area contributed by atoms with Crippen LogP contribution >= 0.6 is 0 Å². The van der Waals surface area contributed by atoms with Crippen molar-refractivity contribution in [2.24, 2.45) is 17.8 Å². The van der Waals surface area contributed by atoms with E-state index in [-0.39, 0.29) is 12.0 Å². The molecule has 19 heavy (non-hydrogen) atoms. The number of carbonyl (C=O) groups is 1. The lowest BCUT2D eigenvalue weighted by molar-refractivity contribution is -0.128. The largest absolute Gasteiger partial charge is 0.480 e. The minimum atomic E-state index is -0.344. The standard InChI is InChI=1S/C16H25NO2/c1-5-14-12(8-13-10(3)7-11(13)4)9-15(19-14)16(18)17-6-2/h5,8,10-11,13,15H,6-7,9H2,1-4H3,(H,17,18)/b12-8-,14-5+. The Hall–Kier alpha value is -1.25. The molecule has 3 unspecified atom stereocenters. The van der Waals surface area contributed by atoms with Gasteiger partial charge in [-0.1, -0.05) is 19.9 Å². The van der Waals surface area contributed by atoms with E-state index in [0.29, 0.717) is 18.9 Å². The minimum Gasteiger partial charge on any atom is -0.480 e. The molecular formula is C16H25NO2. The molecule has 0 spiro atoms. The summed E-state index contributed by atoms with van der Waals surface area (Å²) in [6.45, 7) is 9.15. The zero-order chi connectivity index (χ0) is 14.0. The van der Waals surface area contributed by atoms with Crippen LogP contribution in [0.15, 0.2) is 23.5 Å². The number of allylic oxidation sites excluding steroid dienone is 3. The van der Waals surface area contributed by atoms with Crippen LogP contribution in [0.1, 0.15) is 40.5 Å². The lowest BCUT2D eigenvalue weighted by Crippen LogP contribution is -2.33. The van der Waals surface area contributed by atoms with E-state index >= 15 is 0 Å². The van der Waals surface area contributed by atoms with Gasteiger partial charge in [-0.2, -0.15) is 0 Å². The molecule has 0 radical (unpaired) electrons. The number of nitrogens with one attached hydrogen (secondary N) is 1. The van der Waals surface area contributed by atoms with E-state index in [1.54, 1.807) is 0 Å². The van der Waals surface area contributed by atoms with Gasteiger partial charge in [0, 0.05) is 13.0 Å². The zero-order valence-corrected chi connectivity index (χ0v) is 12.4. The molecule has 3 heteroatoms. The minimum absolute atomic E-state index is 0.0000404. The highest BCUT2D eigenvalue weighted by atomic mass is 16.5. The lowest BCUT2D eigenvalue weighted by atomic mass is 9.66. The summed E-state index contributed by atoms with van der Waals surface area (Å²) in [7, 11) is 0. The molecule has 1 saturated carbocycles. The van der Waals surface area contributed by atoms with Crippen molar-refractivity contribution < 1.29 is 9.53 Å². The summed E-state index contributed by atoms with van der Waals surface area (Å²) in [5, 5.41) is 2.83. The fraction of sp³-hybridized carbons (Fsp3) is 0.688. The maximum atomic E-state index is 11.9. The van der Waals surface area contributed by atoms with Gasteiger partial charge < -0.3 is 10.1 Å². The Balaban J connectivity index is 2.08. The van der Waals surface area contributed by atoms with E-state index in [4.69, 9.17) is 4.74 Å². The predicted molar refractivity (Wildman–Crippen MR) is 76.4 cm³/mol. The maximum absolute atomic E-state index is 11.9. The van der Waals surface area contributed by atoms with Crippen molar-refractivity contribution in [3.05, 3.63) is 23.5 Å². The number of rotatable bonds is 3. The highest BCUT2D eigenvalue weighted by Crippen LogP contribution is 2.43. The molecule has 1 heterocycles.